The summed E-state index contributed by atoms with van der Waals surface area (Å²) in [4.78, 5) is 24.7. The Morgan fingerprint density at radius 2 is 2.11 bits per heavy atom. The lowest BCUT2D eigenvalue weighted by molar-refractivity contribution is -0.141. The molecule has 0 aromatic heterocycles. The second-order valence-electron chi connectivity index (χ2n) is 4.04. The van der Waals surface area contributed by atoms with Gasteiger partial charge in [-0.25, -0.2) is 4.39 Å². The number of ether oxygens (including phenoxy) is 1. The zero-order chi connectivity index (χ0) is 14.4. The standard InChI is InChI=1S/C13H17FN2O3/c1-3-6-16(8-12(17)19-2)13(18)9-4-5-11(15)10(14)7-9/h4-5,7H,3,6,8,15H2,1-2H3. The number of nitrogens with zero attached hydrogens (tertiary/aromatic N) is 1. The summed E-state index contributed by atoms with van der Waals surface area (Å²) in [7, 11) is 1.25. The molecule has 0 spiro atoms. The Bertz CT molecular complexity index is 477. The number of methoxy groups -OCH3 is 1. The number of nitrogens with two attached hydrogens (primary N) is 1. The van der Waals surface area contributed by atoms with Crippen molar-refractivity contribution in [3.63, 3.8) is 0 Å². The molecular formula is C13H17FN2O3. The molecule has 5 nitrogen and oxygen atoms in total. The van der Waals surface area contributed by atoms with Gasteiger partial charge in [0, 0.05) is 12.1 Å². The van der Waals surface area contributed by atoms with E-state index in [2.05, 4.69) is 4.74 Å². The number of nitrogen functional groups attached to an aromatic ring is 1. The molecule has 0 heterocycles. The smallest absolute Gasteiger partial charge is 0.325 e. The van der Waals surface area contributed by atoms with Crippen LogP contribution in [0.4, 0.5) is 10.1 Å². The van der Waals surface area contributed by atoms with Crippen LogP contribution in [0, 0.1) is 5.82 Å². The summed E-state index contributed by atoms with van der Waals surface area (Å²) in [5, 5.41) is 0. The summed E-state index contributed by atoms with van der Waals surface area (Å²) in [6.45, 7) is 2.11. The van der Waals surface area contributed by atoms with E-state index in [0.717, 1.165) is 6.07 Å². The van der Waals surface area contributed by atoms with E-state index in [-0.39, 0.29) is 17.8 Å². The minimum atomic E-state index is -0.652. The van der Waals surface area contributed by atoms with Gasteiger partial charge in [0.15, 0.2) is 0 Å². The molecule has 0 saturated carbocycles. The van der Waals surface area contributed by atoms with Gasteiger partial charge in [-0.2, -0.15) is 0 Å². The van der Waals surface area contributed by atoms with Crippen molar-refractivity contribution < 1.29 is 18.7 Å². The van der Waals surface area contributed by atoms with E-state index in [4.69, 9.17) is 5.73 Å². The van der Waals surface area contributed by atoms with E-state index in [1.165, 1.54) is 24.1 Å². The summed E-state index contributed by atoms with van der Waals surface area (Å²) in [5.74, 6) is -1.59. The molecular weight excluding hydrogens is 251 g/mol. The highest BCUT2D eigenvalue weighted by atomic mass is 19.1. The fourth-order valence-electron chi connectivity index (χ4n) is 1.59. The summed E-state index contributed by atoms with van der Waals surface area (Å²) in [6.07, 6.45) is 0.681. The second-order valence-corrected chi connectivity index (χ2v) is 4.04. The van der Waals surface area contributed by atoms with Crippen molar-refractivity contribution in [1.29, 1.82) is 0 Å². The van der Waals surface area contributed by atoms with Crippen LogP contribution in [-0.4, -0.2) is 37.0 Å². The van der Waals surface area contributed by atoms with Crippen molar-refractivity contribution in [1.82, 2.24) is 4.90 Å². The molecule has 1 aromatic rings. The number of carbonyl (C=O) groups is 2. The van der Waals surface area contributed by atoms with E-state index >= 15 is 0 Å². The van der Waals surface area contributed by atoms with E-state index in [0.29, 0.717) is 13.0 Å². The maximum absolute atomic E-state index is 13.3. The van der Waals surface area contributed by atoms with E-state index in [1.807, 2.05) is 6.92 Å². The molecule has 0 aliphatic carbocycles. The Morgan fingerprint density at radius 1 is 1.42 bits per heavy atom. The van der Waals surface area contributed by atoms with Crippen LogP contribution >= 0.6 is 0 Å². The van der Waals surface area contributed by atoms with Gasteiger partial charge in [0.2, 0.25) is 0 Å². The van der Waals surface area contributed by atoms with Gasteiger partial charge in [0.1, 0.15) is 12.4 Å². The molecule has 1 aromatic carbocycles. The molecule has 104 valence electrons. The third-order valence-corrected chi connectivity index (χ3v) is 2.58. The Kier molecular flexibility index (Phi) is 5.29. The highest BCUT2D eigenvalue weighted by molar-refractivity contribution is 5.96. The first-order valence-electron chi connectivity index (χ1n) is 5.90. The predicted octanol–water partition coefficient (Wildman–Crippen LogP) is 1.43. The molecule has 19 heavy (non-hydrogen) atoms. The maximum Gasteiger partial charge on any atom is 0.325 e. The second kappa shape index (κ2) is 6.72. The van der Waals surface area contributed by atoms with Gasteiger partial charge in [-0.15, -0.1) is 0 Å². The Hall–Kier alpha value is -2.11. The van der Waals surface area contributed by atoms with Gasteiger partial charge in [0.25, 0.3) is 5.91 Å². The van der Waals surface area contributed by atoms with Crippen LogP contribution in [0.3, 0.4) is 0 Å². The quantitative estimate of drug-likeness (QED) is 0.647. The Labute approximate surface area is 111 Å². The summed E-state index contributed by atoms with van der Waals surface area (Å²) < 4.78 is 17.9. The van der Waals surface area contributed by atoms with Crippen molar-refractivity contribution in [3.8, 4) is 0 Å². The van der Waals surface area contributed by atoms with Crippen LogP contribution in [0.2, 0.25) is 0 Å². The van der Waals surface area contributed by atoms with Gasteiger partial charge in [-0.05, 0) is 24.6 Å². The average Bonchev–Trinajstić information content (AvgIpc) is 2.40. The van der Waals surface area contributed by atoms with Crippen molar-refractivity contribution in [2.24, 2.45) is 0 Å². The van der Waals surface area contributed by atoms with Gasteiger partial charge >= 0.3 is 5.97 Å². The van der Waals surface area contributed by atoms with Gasteiger partial charge in [0.05, 0.1) is 12.8 Å². The lowest BCUT2D eigenvalue weighted by Gasteiger charge is -2.20. The minimum Gasteiger partial charge on any atom is -0.468 e. The highest BCUT2D eigenvalue weighted by Crippen LogP contribution is 2.14. The monoisotopic (exact) mass is 268 g/mol. The largest absolute Gasteiger partial charge is 0.468 e. The molecule has 1 rings (SSSR count). The first-order chi connectivity index (χ1) is 8.99. The number of hydrogen-bond donors (Lipinski definition) is 1. The minimum absolute atomic E-state index is 0.0217. The Morgan fingerprint density at radius 3 is 2.63 bits per heavy atom. The van der Waals surface area contributed by atoms with E-state index in [9.17, 15) is 14.0 Å². The molecule has 1 amide bonds. The van der Waals surface area contributed by atoms with Gasteiger partial charge < -0.3 is 15.4 Å². The van der Waals surface area contributed by atoms with Gasteiger partial charge in [-0.1, -0.05) is 6.92 Å². The first-order valence-corrected chi connectivity index (χ1v) is 5.90. The van der Waals surface area contributed by atoms with Crippen molar-refractivity contribution >= 4 is 17.6 Å². The zero-order valence-electron chi connectivity index (χ0n) is 11.0. The average molecular weight is 268 g/mol. The third kappa shape index (κ3) is 3.94. The lowest BCUT2D eigenvalue weighted by atomic mass is 10.1. The number of carbonyl (C=O) groups excluding carboxylic acids is 2. The Balaban J connectivity index is 2.91. The molecule has 2 N–H and O–H groups in total. The molecule has 6 heteroatoms. The fraction of sp³-hybridized carbons (Fsp3) is 0.385. The predicted molar refractivity (Wildman–Crippen MR) is 69.0 cm³/mol. The van der Waals surface area contributed by atoms with Crippen molar-refractivity contribution in [3.05, 3.63) is 29.6 Å². The van der Waals surface area contributed by atoms with Gasteiger partial charge in [-0.3, -0.25) is 9.59 Å². The molecule has 0 aliphatic rings. The maximum atomic E-state index is 13.3. The summed E-state index contributed by atoms with van der Waals surface area (Å²) >= 11 is 0. The van der Waals surface area contributed by atoms with E-state index < -0.39 is 17.7 Å². The third-order valence-electron chi connectivity index (χ3n) is 2.58. The number of rotatable bonds is 5. The number of benzene rings is 1. The van der Waals surface area contributed by atoms with Crippen molar-refractivity contribution in [2.75, 3.05) is 25.9 Å². The molecule has 0 saturated heterocycles. The fourth-order valence-corrected chi connectivity index (χ4v) is 1.59. The van der Waals surface area contributed by atoms with Crippen LogP contribution in [0.15, 0.2) is 18.2 Å². The number of esters is 1. The zero-order valence-corrected chi connectivity index (χ0v) is 11.0. The molecule has 0 fully saturated rings. The molecule has 0 bridgehead atoms. The van der Waals surface area contributed by atoms with Crippen LogP contribution in [0.5, 0.6) is 0 Å². The molecule has 0 unspecified atom stereocenters. The number of hydrogen-bond acceptors (Lipinski definition) is 4. The number of amides is 1. The van der Waals surface area contributed by atoms with Crippen LogP contribution in [0.1, 0.15) is 23.7 Å². The molecule has 0 aliphatic heterocycles. The summed E-state index contributed by atoms with van der Waals surface area (Å²) in [6, 6.07) is 3.82. The van der Waals surface area contributed by atoms with Crippen LogP contribution in [0.25, 0.3) is 0 Å². The molecule has 0 atom stereocenters. The first kappa shape index (κ1) is 14.9. The summed E-state index contributed by atoms with van der Waals surface area (Å²) in [5.41, 5.74) is 5.49. The topological polar surface area (TPSA) is 72.6 Å². The SMILES string of the molecule is CCCN(CC(=O)OC)C(=O)c1ccc(N)c(F)c1. The van der Waals surface area contributed by atoms with Crippen molar-refractivity contribution in [2.45, 2.75) is 13.3 Å². The normalized spacial score (nSPS) is 10.1. The van der Waals surface area contributed by atoms with E-state index in [1.54, 1.807) is 0 Å². The highest BCUT2D eigenvalue weighted by Gasteiger charge is 2.19. The molecule has 0 radical (unpaired) electrons. The lowest BCUT2D eigenvalue weighted by Crippen LogP contribution is -2.36. The van der Waals surface area contributed by atoms with Crippen LogP contribution in [-0.2, 0) is 9.53 Å². The number of halogens is 1. The van der Waals surface area contributed by atoms with Crippen LogP contribution < -0.4 is 5.73 Å². The number of anilines is 1.